The van der Waals surface area contributed by atoms with Crippen LogP contribution in [0.1, 0.15) is 24.8 Å². The van der Waals surface area contributed by atoms with Gasteiger partial charge in [-0.3, -0.25) is 4.90 Å². The van der Waals surface area contributed by atoms with Crippen LogP contribution in [-0.4, -0.2) is 36.9 Å². The Morgan fingerprint density at radius 2 is 2.11 bits per heavy atom. The second-order valence-electron chi connectivity index (χ2n) is 5.10. The minimum absolute atomic E-state index is 0.0433. The fourth-order valence-electron chi connectivity index (χ4n) is 2.62. The molecule has 104 valence electrons. The number of methoxy groups -OCH3 is 1. The van der Waals surface area contributed by atoms with Crippen molar-refractivity contribution >= 4 is 6.29 Å². The van der Waals surface area contributed by atoms with Crippen molar-refractivity contribution in [3.63, 3.8) is 0 Å². The van der Waals surface area contributed by atoms with E-state index in [1.807, 2.05) is 24.3 Å². The highest BCUT2D eigenvalue weighted by Gasteiger charge is 2.26. The molecule has 2 atom stereocenters. The van der Waals surface area contributed by atoms with E-state index in [-0.39, 0.29) is 12.1 Å². The lowest BCUT2D eigenvalue weighted by Gasteiger charge is -2.29. The number of ether oxygens (including phenoxy) is 1. The van der Waals surface area contributed by atoms with Crippen molar-refractivity contribution in [2.75, 3.05) is 13.7 Å². The van der Waals surface area contributed by atoms with E-state index in [2.05, 4.69) is 4.90 Å². The van der Waals surface area contributed by atoms with Gasteiger partial charge in [-0.05, 0) is 37.1 Å². The monoisotopic (exact) mass is 262 g/mol. The quantitative estimate of drug-likeness (QED) is 0.837. The topological polar surface area (TPSA) is 55.6 Å². The molecule has 0 radical (unpaired) electrons. The summed E-state index contributed by atoms with van der Waals surface area (Å²) in [5.41, 5.74) is 7.27. The van der Waals surface area contributed by atoms with Gasteiger partial charge in [0.1, 0.15) is 12.0 Å². The van der Waals surface area contributed by atoms with Crippen molar-refractivity contribution in [3.8, 4) is 5.75 Å². The normalized spacial score (nSPS) is 24.7. The molecule has 1 heterocycles. The van der Waals surface area contributed by atoms with Crippen LogP contribution in [0.25, 0.3) is 0 Å². The predicted molar refractivity (Wildman–Crippen MR) is 75.1 cm³/mol. The van der Waals surface area contributed by atoms with Crippen LogP contribution in [0.4, 0.5) is 0 Å². The molecule has 1 fully saturated rings. The van der Waals surface area contributed by atoms with Crippen LogP contribution in [0.2, 0.25) is 0 Å². The zero-order chi connectivity index (χ0) is 13.7. The molecule has 0 amide bonds. The molecule has 2 rings (SSSR count). The first-order valence-corrected chi connectivity index (χ1v) is 6.82. The van der Waals surface area contributed by atoms with Gasteiger partial charge >= 0.3 is 0 Å². The van der Waals surface area contributed by atoms with Gasteiger partial charge < -0.3 is 15.3 Å². The Balaban J connectivity index is 2.07. The highest BCUT2D eigenvalue weighted by Crippen LogP contribution is 2.19. The zero-order valence-corrected chi connectivity index (χ0v) is 11.4. The van der Waals surface area contributed by atoms with E-state index in [1.54, 1.807) is 7.11 Å². The second-order valence-corrected chi connectivity index (χ2v) is 5.10. The molecule has 0 aliphatic carbocycles. The molecule has 1 aliphatic heterocycles. The molecule has 1 aliphatic rings. The van der Waals surface area contributed by atoms with Gasteiger partial charge in [-0.25, -0.2) is 0 Å². The maximum Gasteiger partial charge on any atom is 0.138 e. The van der Waals surface area contributed by atoms with Crippen LogP contribution in [0.5, 0.6) is 5.75 Å². The van der Waals surface area contributed by atoms with Gasteiger partial charge in [-0.1, -0.05) is 18.6 Å². The molecule has 4 heteroatoms. The third-order valence-corrected chi connectivity index (χ3v) is 3.78. The van der Waals surface area contributed by atoms with E-state index in [4.69, 9.17) is 10.5 Å². The summed E-state index contributed by atoms with van der Waals surface area (Å²) in [5.74, 6) is 0.850. The van der Waals surface area contributed by atoms with E-state index in [0.29, 0.717) is 0 Å². The smallest absolute Gasteiger partial charge is 0.138 e. The Hall–Kier alpha value is -1.39. The Kier molecular flexibility index (Phi) is 4.93. The van der Waals surface area contributed by atoms with E-state index in [1.165, 1.54) is 5.56 Å². The Bertz CT molecular complexity index is 405. The second kappa shape index (κ2) is 6.68. The Morgan fingerprint density at radius 3 is 2.74 bits per heavy atom. The SMILES string of the molecule is COc1ccc(CN2CCCC[C@@H](N)C2C=O)cc1. The summed E-state index contributed by atoms with van der Waals surface area (Å²) in [5, 5.41) is 0. The highest BCUT2D eigenvalue weighted by molar-refractivity contribution is 5.59. The standard InChI is InChI=1S/C15H22N2O2/c1-19-13-7-5-12(6-8-13)10-17-9-3-2-4-14(16)15(17)11-18/h5-8,11,14-15H,2-4,9-10,16H2,1H3/t14-,15?/m1/s1. The van der Waals surface area contributed by atoms with Gasteiger partial charge in [0, 0.05) is 12.6 Å². The molecule has 0 bridgehead atoms. The predicted octanol–water partition coefficient (Wildman–Crippen LogP) is 1.58. The number of nitrogens with zero attached hydrogens (tertiary/aromatic N) is 1. The Labute approximate surface area is 114 Å². The van der Waals surface area contributed by atoms with Crippen LogP contribution >= 0.6 is 0 Å². The number of aldehydes is 1. The molecule has 0 saturated carbocycles. The minimum Gasteiger partial charge on any atom is -0.497 e. The van der Waals surface area contributed by atoms with Gasteiger partial charge in [0.15, 0.2) is 0 Å². The van der Waals surface area contributed by atoms with Crippen molar-refractivity contribution in [1.82, 2.24) is 4.90 Å². The summed E-state index contributed by atoms with van der Waals surface area (Å²) in [6, 6.07) is 7.77. The fraction of sp³-hybridized carbons (Fsp3) is 0.533. The molecule has 1 saturated heterocycles. The molecule has 1 aromatic rings. The van der Waals surface area contributed by atoms with Crippen molar-refractivity contribution in [2.24, 2.45) is 5.73 Å². The summed E-state index contributed by atoms with van der Waals surface area (Å²) < 4.78 is 5.15. The van der Waals surface area contributed by atoms with Crippen LogP contribution in [0.3, 0.4) is 0 Å². The summed E-state index contributed by atoms with van der Waals surface area (Å²) >= 11 is 0. The largest absolute Gasteiger partial charge is 0.497 e. The van der Waals surface area contributed by atoms with Gasteiger partial charge in [0.2, 0.25) is 0 Å². The number of carbonyl (C=O) groups excluding carboxylic acids is 1. The molecule has 1 aromatic carbocycles. The van der Waals surface area contributed by atoms with Crippen LogP contribution in [-0.2, 0) is 11.3 Å². The van der Waals surface area contributed by atoms with Crippen LogP contribution in [0.15, 0.2) is 24.3 Å². The highest BCUT2D eigenvalue weighted by atomic mass is 16.5. The van der Waals surface area contributed by atoms with E-state index < -0.39 is 0 Å². The average molecular weight is 262 g/mol. The maximum absolute atomic E-state index is 11.3. The van der Waals surface area contributed by atoms with E-state index in [9.17, 15) is 4.79 Å². The third kappa shape index (κ3) is 3.55. The first kappa shape index (κ1) is 14.0. The van der Waals surface area contributed by atoms with Gasteiger partial charge in [-0.2, -0.15) is 0 Å². The van der Waals surface area contributed by atoms with Crippen molar-refractivity contribution < 1.29 is 9.53 Å². The number of rotatable bonds is 4. The van der Waals surface area contributed by atoms with E-state index in [0.717, 1.165) is 44.4 Å². The van der Waals surface area contributed by atoms with Crippen molar-refractivity contribution in [3.05, 3.63) is 29.8 Å². The summed E-state index contributed by atoms with van der Waals surface area (Å²) in [4.78, 5) is 13.5. The molecule has 1 unspecified atom stereocenters. The summed E-state index contributed by atoms with van der Waals surface area (Å²) in [6.45, 7) is 1.70. The first-order chi connectivity index (χ1) is 9.24. The molecular formula is C15H22N2O2. The van der Waals surface area contributed by atoms with Crippen LogP contribution < -0.4 is 10.5 Å². The van der Waals surface area contributed by atoms with Gasteiger partial charge in [0.25, 0.3) is 0 Å². The third-order valence-electron chi connectivity index (χ3n) is 3.78. The zero-order valence-electron chi connectivity index (χ0n) is 11.4. The molecule has 19 heavy (non-hydrogen) atoms. The average Bonchev–Trinajstić information content (AvgIpc) is 2.61. The Morgan fingerprint density at radius 1 is 1.37 bits per heavy atom. The lowest BCUT2D eigenvalue weighted by molar-refractivity contribution is -0.113. The van der Waals surface area contributed by atoms with Gasteiger partial charge in [-0.15, -0.1) is 0 Å². The molecule has 4 nitrogen and oxygen atoms in total. The molecule has 2 N–H and O–H groups in total. The summed E-state index contributed by atoms with van der Waals surface area (Å²) in [7, 11) is 1.66. The maximum atomic E-state index is 11.3. The van der Waals surface area contributed by atoms with Crippen molar-refractivity contribution in [2.45, 2.75) is 37.9 Å². The minimum atomic E-state index is -0.162. The number of hydrogen-bond acceptors (Lipinski definition) is 4. The number of hydrogen-bond donors (Lipinski definition) is 1. The molecular weight excluding hydrogens is 240 g/mol. The molecule has 0 aromatic heterocycles. The van der Waals surface area contributed by atoms with Crippen molar-refractivity contribution in [1.29, 1.82) is 0 Å². The lowest BCUT2D eigenvalue weighted by atomic mass is 10.1. The summed E-state index contributed by atoms with van der Waals surface area (Å²) in [6.07, 6.45) is 4.14. The van der Waals surface area contributed by atoms with Gasteiger partial charge in [0.05, 0.1) is 13.2 Å². The van der Waals surface area contributed by atoms with Crippen LogP contribution in [0, 0.1) is 0 Å². The number of nitrogens with two attached hydrogens (primary N) is 1. The van der Waals surface area contributed by atoms with E-state index >= 15 is 0 Å². The fourth-order valence-corrected chi connectivity index (χ4v) is 2.62. The molecule has 0 spiro atoms. The number of benzene rings is 1. The first-order valence-electron chi connectivity index (χ1n) is 6.82. The number of likely N-dealkylation sites (tertiary alicyclic amines) is 1. The lowest BCUT2D eigenvalue weighted by Crippen LogP contribution is -2.47. The number of carbonyl (C=O) groups is 1.